The van der Waals surface area contributed by atoms with Crippen LogP contribution in [0.5, 0.6) is 0 Å². The first-order valence-corrected chi connectivity index (χ1v) is 14.2. The van der Waals surface area contributed by atoms with Gasteiger partial charge >= 0.3 is 5.97 Å². The molecule has 2 aliphatic heterocycles. The number of carbonyl (C=O) groups is 5. The van der Waals surface area contributed by atoms with Gasteiger partial charge < -0.3 is 31.3 Å². The van der Waals surface area contributed by atoms with Crippen LogP contribution in [0.1, 0.15) is 43.9 Å². The van der Waals surface area contributed by atoms with Crippen LogP contribution < -0.4 is 21.3 Å². The van der Waals surface area contributed by atoms with Crippen molar-refractivity contribution in [2.45, 2.75) is 82.2 Å². The lowest BCUT2D eigenvalue weighted by Gasteiger charge is -2.30. The molecule has 1 fully saturated rings. The second kappa shape index (κ2) is 14.0. The Hall–Kier alpha value is -4.33. The molecule has 3 heterocycles. The van der Waals surface area contributed by atoms with Crippen molar-refractivity contribution in [3.63, 3.8) is 0 Å². The fourth-order valence-corrected chi connectivity index (χ4v) is 5.20. The molecule has 2 bridgehead atoms. The van der Waals surface area contributed by atoms with Gasteiger partial charge in [-0.05, 0) is 45.2 Å². The number of aliphatic carboxylic acids is 1. The summed E-state index contributed by atoms with van der Waals surface area (Å²) in [5.74, 6) is -3.15. The molecule has 0 radical (unpaired) electrons. The second-order valence-electron chi connectivity index (χ2n) is 10.7. The molecule has 0 unspecified atom stereocenters. The molecule has 1 aromatic heterocycles. The van der Waals surface area contributed by atoms with Gasteiger partial charge in [-0.2, -0.15) is 0 Å². The maximum Gasteiger partial charge on any atom is 0.326 e. The summed E-state index contributed by atoms with van der Waals surface area (Å²) in [6.07, 6.45) is 3.25. The van der Waals surface area contributed by atoms with Crippen LogP contribution in [0.15, 0.2) is 36.5 Å². The number of benzene rings is 1. The average Bonchev–Trinajstić information content (AvgIpc) is 3.65. The number of likely N-dealkylation sites (N-methyl/N-ethyl adjacent to an activating group) is 1. The zero-order chi connectivity index (χ0) is 30.2. The van der Waals surface area contributed by atoms with E-state index in [1.54, 1.807) is 20.2 Å². The number of carboxylic acids is 1. The minimum absolute atomic E-state index is 0.0558. The lowest BCUT2D eigenvalue weighted by Crippen LogP contribution is -2.58. The minimum Gasteiger partial charge on any atom is -0.480 e. The van der Waals surface area contributed by atoms with Crippen LogP contribution >= 0.6 is 0 Å². The number of rotatable bonds is 6. The average molecular weight is 583 g/mol. The van der Waals surface area contributed by atoms with Gasteiger partial charge in [0.1, 0.15) is 24.2 Å². The normalized spacial score (nSPS) is 24.6. The molecular formula is C28H38N8O6. The molecular weight excluding hydrogens is 544 g/mol. The first-order valence-electron chi connectivity index (χ1n) is 14.2. The van der Waals surface area contributed by atoms with E-state index in [-0.39, 0.29) is 25.2 Å². The lowest BCUT2D eigenvalue weighted by atomic mass is 10.0. The standard InChI is InChI=1S/C28H38N8O6/c1-17(29-2)24(37)32-22-15-19-16-35(34-33-19)12-6-10-20(28(41)42)30-25(38)21(14-18-8-4-3-5-9-18)31-26(39)23-11-7-13-36(23)27(22)40/h3-5,8-9,16-17,20-23,29H,6-7,10-15H2,1-2H3,(H,30,38)(H,31,39)(H,32,37)(H,41,42)/t17-,20-,21-,22-,23-/m0/s1. The van der Waals surface area contributed by atoms with Gasteiger partial charge in [-0.25, -0.2) is 4.79 Å². The van der Waals surface area contributed by atoms with E-state index in [4.69, 9.17) is 0 Å². The van der Waals surface area contributed by atoms with Crippen LogP contribution in [0.4, 0.5) is 0 Å². The summed E-state index contributed by atoms with van der Waals surface area (Å²) in [6.45, 7) is 2.30. The van der Waals surface area contributed by atoms with Gasteiger partial charge in [0, 0.05) is 32.1 Å². The third kappa shape index (κ3) is 7.69. The summed E-state index contributed by atoms with van der Waals surface area (Å²) < 4.78 is 1.54. The number of carboxylic acid groups (broad SMARTS) is 1. The molecule has 5 N–H and O–H groups in total. The summed E-state index contributed by atoms with van der Waals surface area (Å²) in [7, 11) is 1.64. The molecule has 0 aliphatic carbocycles. The van der Waals surface area contributed by atoms with E-state index in [1.165, 1.54) is 9.58 Å². The number of aryl methyl sites for hydroxylation is 1. The smallest absolute Gasteiger partial charge is 0.326 e. The van der Waals surface area contributed by atoms with Crippen molar-refractivity contribution in [2.24, 2.45) is 0 Å². The van der Waals surface area contributed by atoms with Gasteiger partial charge in [-0.1, -0.05) is 35.5 Å². The van der Waals surface area contributed by atoms with E-state index in [9.17, 15) is 29.1 Å². The lowest BCUT2D eigenvalue weighted by molar-refractivity contribution is -0.143. The summed E-state index contributed by atoms with van der Waals surface area (Å²) in [6, 6.07) is 4.40. The molecule has 4 rings (SSSR count). The molecule has 14 nitrogen and oxygen atoms in total. The molecule has 5 atom stereocenters. The van der Waals surface area contributed by atoms with Gasteiger partial charge in [-0.15, -0.1) is 5.10 Å². The number of hydrogen-bond donors (Lipinski definition) is 5. The third-order valence-electron chi connectivity index (χ3n) is 7.69. The number of hydrogen-bond acceptors (Lipinski definition) is 8. The van der Waals surface area contributed by atoms with Crippen LogP contribution in [0.2, 0.25) is 0 Å². The molecule has 42 heavy (non-hydrogen) atoms. The molecule has 1 aromatic carbocycles. The van der Waals surface area contributed by atoms with Gasteiger partial charge in [0.2, 0.25) is 23.6 Å². The second-order valence-corrected chi connectivity index (χ2v) is 10.7. The van der Waals surface area contributed by atoms with Crippen LogP contribution in [0.3, 0.4) is 0 Å². The SMILES string of the molecule is CN[C@@H](C)C(=O)N[C@H]1Cc2cn(nn2)CCC[C@@H](C(=O)O)NC(=O)[C@H](Cc2ccccc2)NC(=O)[C@@H]2CCCN2C1=O. The van der Waals surface area contributed by atoms with Crippen LogP contribution in [0, 0.1) is 0 Å². The molecule has 2 aromatic rings. The van der Waals surface area contributed by atoms with Crippen molar-refractivity contribution in [1.82, 2.24) is 41.2 Å². The zero-order valence-electron chi connectivity index (χ0n) is 23.8. The van der Waals surface area contributed by atoms with E-state index in [1.807, 2.05) is 30.3 Å². The molecule has 226 valence electrons. The summed E-state index contributed by atoms with van der Waals surface area (Å²) in [5, 5.41) is 29.0. The Balaban J connectivity index is 1.66. The molecule has 14 heteroatoms. The van der Waals surface area contributed by atoms with E-state index in [0.717, 1.165) is 5.56 Å². The van der Waals surface area contributed by atoms with E-state index in [0.29, 0.717) is 38.0 Å². The number of aromatic nitrogens is 3. The highest BCUT2D eigenvalue weighted by molar-refractivity contribution is 5.96. The molecule has 2 aliphatic rings. The summed E-state index contributed by atoms with van der Waals surface area (Å²) >= 11 is 0. The fraction of sp³-hybridized carbons (Fsp3) is 0.536. The van der Waals surface area contributed by atoms with Crippen LogP contribution in [-0.2, 0) is 43.4 Å². The van der Waals surface area contributed by atoms with Crippen molar-refractivity contribution >= 4 is 29.6 Å². The number of nitrogens with zero attached hydrogens (tertiary/aromatic N) is 4. The molecule has 0 saturated carbocycles. The third-order valence-corrected chi connectivity index (χ3v) is 7.69. The first-order chi connectivity index (χ1) is 20.2. The highest BCUT2D eigenvalue weighted by atomic mass is 16.4. The van der Waals surface area contributed by atoms with Crippen LogP contribution in [-0.4, -0.2) is 98.4 Å². The number of carbonyl (C=O) groups excluding carboxylic acids is 4. The van der Waals surface area contributed by atoms with E-state index in [2.05, 4.69) is 31.6 Å². The quantitative estimate of drug-likeness (QED) is 0.285. The van der Waals surface area contributed by atoms with E-state index >= 15 is 0 Å². The summed E-state index contributed by atoms with van der Waals surface area (Å²) in [5.41, 5.74) is 1.24. The van der Waals surface area contributed by atoms with Gasteiger partial charge in [-0.3, -0.25) is 23.9 Å². The highest BCUT2D eigenvalue weighted by Crippen LogP contribution is 2.20. The van der Waals surface area contributed by atoms with Crippen molar-refractivity contribution in [3.05, 3.63) is 47.8 Å². The maximum absolute atomic E-state index is 13.8. The monoisotopic (exact) mass is 582 g/mol. The largest absolute Gasteiger partial charge is 0.480 e. The topological polar surface area (TPSA) is 188 Å². The first kappa shape index (κ1) is 30.6. The summed E-state index contributed by atoms with van der Waals surface area (Å²) in [4.78, 5) is 67.1. The van der Waals surface area contributed by atoms with Gasteiger partial charge in [0.25, 0.3) is 0 Å². The van der Waals surface area contributed by atoms with Gasteiger partial charge in [0.15, 0.2) is 0 Å². The Morgan fingerprint density at radius 3 is 2.52 bits per heavy atom. The van der Waals surface area contributed by atoms with Crippen molar-refractivity contribution in [1.29, 1.82) is 0 Å². The highest BCUT2D eigenvalue weighted by Gasteiger charge is 2.40. The Labute approximate surface area is 243 Å². The van der Waals surface area contributed by atoms with Crippen LogP contribution in [0.25, 0.3) is 0 Å². The van der Waals surface area contributed by atoms with E-state index < -0.39 is 53.9 Å². The number of fused-ring (bicyclic) bond motifs is 3. The Morgan fingerprint density at radius 2 is 1.81 bits per heavy atom. The van der Waals surface area contributed by atoms with Crippen molar-refractivity contribution in [3.8, 4) is 0 Å². The molecule has 0 spiro atoms. The predicted octanol–water partition coefficient (Wildman–Crippen LogP) is -1.00. The Bertz CT molecular complexity index is 1280. The molecule has 1 saturated heterocycles. The maximum atomic E-state index is 13.8. The predicted molar refractivity (Wildman–Crippen MR) is 150 cm³/mol. The zero-order valence-corrected chi connectivity index (χ0v) is 23.8. The Kier molecular flexibility index (Phi) is 10.2. The Morgan fingerprint density at radius 1 is 1.07 bits per heavy atom. The van der Waals surface area contributed by atoms with Crippen molar-refractivity contribution in [2.75, 3.05) is 13.6 Å². The number of amides is 4. The van der Waals surface area contributed by atoms with Gasteiger partial charge in [0.05, 0.1) is 11.7 Å². The van der Waals surface area contributed by atoms with Crippen molar-refractivity contribution < 1.29 is 29.1 Å². The fourth-order valence-electron chi connectivity index (χ4n) is 5.20. The minimum atomic E-state index is -1.19. The number of nitrogens with one attached hydrogen (secondary N) is 4. The molecule has 4 amide bonds.